The van der Waals surface area contributed by atoms with Gasteiger partial charge >= 0.3 is 12.4 Å². The van der Waals surface area contributed by atoms with Crippen molar-refractivity contribution in [3.63, 3.8) is 0 Å². The molecule has 0 amide bonds. The predicted octanol–water partition coefficient (Wildman–Crippen LogP) is 5.37. The summed E-state index contributed by atoms with van der Waals surface area (Å²) in [5.74, 6) is -1.57. The summed E-state index contributed by atoms with van der Waals surface area (Å²) < 4.78 is 109. The Labute approximate surface area is 196 Å². The molecule has 1 saturated carbocycles. The molecule has 6 nitrogen and oxygen atoms in total. The number of hydrogen-bond donors (Lipinski definition) is 1. The van der Waals surface area contributed by atoms with E-state index in [9.17, 15) is 34.8 Å². The van der Waals surface area contributed by atoms with E-state index in [1.165, 1.54) is 16.8 Å². The monoisotopic (exact) mass is 519 g/mol. The Morgan fingerprint density at radius 2 is 1.69 bits per heavy atom. The number of rotatable bonds is 7. The van der Waals surface area contributed by atoms with Crippen molar-refractivity contribution in [3.8, 4) is 22.9 Å². The fraction of sp³-hybridized carbons (Fsp3) is 0.318. The highest BCUT2D eigenvalue weighted by Crippen LogP contribution is 2.47. The second-order valence-electron chi connectivity index (χ2n) is 8.25. The zero-order valence-electron chi connectivity index (χ0n) is 18.1. The Balaban J connectivity index is 1.54. The second kappa shape index (κ2) is 8.55. The number of ether oxygens (including phenoxy) is 1. The maximum Gasteiger partial charge on any atom is 0.416 e. The minimum atomic E-state index is -4.86. The van der Waals surface area contributed by atoms with E-state index in [1.54, 1.807) is 37.4 Å². The van der Waals surface area contributed by atoms with Crippen molar-refractivity contribution in [1.29, 1.82) is 0 Å². The first-order valence-corrected chi connectivity index (χ1v) is 11.9. The van der Waals surface area contributed by atoms with Gasteiger partial charge in [-0.2, -0.15) is 31.4 Å². The number of aromatic nitrogens is 2. The molecule has 0 radical (unpaired) electrons. The Morgan fingerprint density at radius 1 is 1.03 bits per heavy atom. The van der Waals surface area contributed by atoms with Crippen LogP contribution in [0.25, 0.3) is 11.3 Å². The number of halogens is 6. The lowest BCUT2D eigenvalue weighted by atomic mass is 10.0. The van der Waals surface area contributed by atoms with Crippen molar-refractivity contribution in [2.75, 3.05) is 5.75 Å². The molecule has 1 N–H and O–H groups in total. The first-order valence-electron chi connectivity index (χ1n) is 10.2. The van der Waals surface area contributed by atoms with Gasteiger partial charge < -0.3 is 4.74 Å². The van der Waals surface area contributed by atoms with Crippen LogP contribution in [0.3, 0.4) is 0 Å². The molecular weight excluding hydrogens is 500 g/mol. The summed E-state index contributed by atoms with van der Waals surface area (Å²) in [6.07, 6.45) is -8.64. The van der Waals surface area contributed by atoms with Gasteiger partial charge in [0.05, 0.1) is 16.8 Å². The normalized spacial score (nSPS) is 15.7. The molecule has 0 saturated heterocycles. The van der Waals surface area contributed by atoms with Crippen LogP contribution in [0.5, 0.6) is 11.6 Å². The lowest BCUT2D eigenvalue weighted by Gasteiger charge is -2.19. The number of benzene rings is 2. The van der Waals surface area contributed by atoms with E-state index in [4.69, 9.17) is 4.74 Å². The zero-order valence-corrected chi connectivity index (χ0v) is 18.9. The van der Waals surface area contributed by atoms with Crippen molar-refractivity contribution in [2.45, 2.75) is 30.7 Å². The highest BCUT2D eigenvalue weighted by Gasteiger charge is 2.49. The summed E-state index contributed by atoms with van der Waals surface area (Å²) in [6, 6.07) is 12.3. The Bertz CT molecular complexity index is 1330. The highest BCUT2D eigenvalue weighted by atomic mass is 32.2. The summed E-state index contributed by atoms with van der Waals surface area (Å²) >= 11 is 0. The van der Waals surface area contributed by atoms with Gasteiger partial charge in [-0.05, 0) is 48.7 Å². The number of sulfonamides is 1. The van der Waals surface area contributed by atoms with Crippen LogP contribution in [-0.2, 0) is 28.8 Å². The van der Waals surface area contributed by atoms with Crippen LogP contribution in [0.4, 0.5) is 26.3 Å². The zero-order chi connectivity index (χ0) is 25.6. The number of nitrogens with one attached hydrogen (secondary N) is 1. The molecule has 0 spiro atoms. The predicted molar refractivity (Wildman–Crippen MR) is 114 cm³/mol. The van der Waals surface area contributed by atoms with Gasteiger partial charge in [-0.25, -0.2) is 17.8 Å². The number of alkyl halides is 6. The van der Waals surface area contributed by atoms with Gasteiger partial charge in [-0.1, -0.05) is 18.2 Å². The minimum absolute atomic E-state index is 0.164. The number of hydrogen-bond acceptors (Lipinski definition) is 4. The number of nitrogens with zero attached hydrogens (tertiary/aromatic N) is 2. The summed E-state index contributed by atoms with van der Waals surface area (Å²) in [4.78, 5) is 0. The van der Waals surface area contributed by atoms with Gasteiger partial charge in [0.25, 0.3) is 0 Å². The van der Waals surface area contributed by atoms with Gasteiger partial charge in [0.2, 0.25) is 15.9 Å². The van der Waals surface area contributed by atoms with Gasteiger partial charge in [0.1, 0.15) is 5.75 Å². The lowest BCUT2D eigenvalue weighted by Crippen LogP contribution is -2.40. The molecule has 1 fully saturated rings. The molecule has 1 aliphatic rings. The van der Waals surface area contributed by atoms with Crippen LogP contribution in [0.15, 0.2) is 54.6 Å². The van der Waals surface area contributed by atoms with Crippen LogP contribution in [0, 0.1) is 0 Å². The third-order valence-corrected chi connectivity index (χ3v) is 6.82. The maximum absolute atomic E-state index is 12.7. The molecule has 2 aromatic carbocycles. The average molecular weight is 519 g/mol. The lowest BCUT2D eigenvalue weighted by molar-refractivity contribution is -0.137. The molecule has 188 valence electrons. The Hall–Kier alpha value is -3.06. The molecule has 35 heavy (non-hydrogen) atoms. The second-order valence-corrected chi connectivity index (χ2v) is 9.98. The molecule has 0 bridgehead atoms. The van der Waals surface area contributed by atoms with Crippen molar-refractivity contribution in [1.82, 2.24) is 14.5 Å². The Kier molecular flexibility index (Phi) is 6.12. The van der Waals surface area contributed by atoms with E-state index in [2.05, 4.69) is 9.82 Å². The smallest absolute Gasteiger partial charge is 0.416 e. The quantitative estimate of drug-likeness (QED) is 0.426. The van der Waals surface area contributed by atoms with E-state index in [-0.39, 0.29) is 11.6 Å². The minimum Gasteiger partial charge on any atom is -0.439 e. The largest absolute Gasteiger partial charge is 0.439 e. The molecule has 0 unspecified atom stereocenters. The van der Waals surface area contributed by atoms with Crippen molar-refractivity contribution < 1.29 is 39.5 Å². The average Bonchev–Trinajstić information content (AvgIpc) is 3.41. The summed E-state index contributed by atoms with van der Waals surface area (Å²) in [7, 11) is -3.02. The van der Waals surface area contributed by atoms with E-state index >= 15 is 0 Å². The third kappa shape index (κ3) is 5.96. The molecule has 1 heterocycles. The molecule has 4 rings (SSSR count). The number of aryl methyl sites for hydroxylation is 1. The van der Waals surface area contributed by atoms with Gasteiger partial charge in [0, 0.05) is 18.7 Å². The topological polar surface area (TPSA) is 73.2 Å². The van der Waals surface area contributed by atoms with E-state index in [0.29, 0.717) is 29.7 Å². The standard InChI is InChI=1S/C22H19F6N3O3S/c1-31-19(34-17-7-5-15(6-8-17)22(26,27)28)12-18(29-31)14-3-2-4-16(11-14)20(9-10-20)30-35(32,33)13-21(23,24)25/h2-8,11-12,30H,9-10,13H2,1H3. The molecule has 3 aromatic rings. The van der Waals surface area contributed by atoms with Crippen LogP contribution in [-0.4, -0.2) is 30.1 Å². The fourth-order valence-corrected chi connectivity index (χ4v) is 5.04. The van der Waals surface area contributed by atoms with E-state index < -0.39 is 39.2 Å². The third-order valence-electron chi connectivity index (χ3n) is 5.41. The summed E-state index contributed by atoms with van der Waals surface area (Å²) in [6.45, 7) is 0. The molecule has 0 aliphatic heterocycles. The van der Waals surface area contributed by atoms with Crippen molar-refractivity contribution >= 4 is 10.0 Å². The fourth-order valence-electron chi connectivity index (χ4n) is 3.62. The first-order chi connectivity index (χ1) is 16.2. The SMILES string of the molecule is Cn1nc(-c2cccc(C3(NS(=O)(=O)CC(F)(F)F)CC3)c2)cc1Oc1ccc(C(F)(F)F)cc1. The van der Waals surface area contributed by atoms with Crippen LogP contribution < -0.4 is 9.46 Å². The van der Waals surface area contributed by atoms with Crippen LogP contribution >= 0.6 is 0 Å². The molecule has 0 atom stereocenters. The van der Waals surface area contributed by atoms with Gasteiger partial charge in [0.15, 0.2) is 5.75 Å². The summed E-state index contributed by atoms with van der Waals surface area (Å²) in [5.41, 5.74) is -0.454. The van der Waals surface area contributed by atoms with Gasteiger partial charge in [-0.15, -0.1) is 0 Å². The van der Waals surface area contributed by atoms with Crippen molar-refractivity contribution in [3.05, 3.63) is 65.7 Å². The van der Waals surface area contributed by atoms with Crippen molar-refractivity contribution in [2.24, 2.45) is 7.05 Å². The van der Waals surface area contributed by atoms with E-state index in [0.717, 1.165) is 12.1 Å². The highest BCUT2D eigenvalue weighted by molar-refractivity contribution is 7.89. The first kappa shape index (κ1) is 25.0. The van der Waals surface area contributed by atoms with Gasteiger partial charge in [-0.3, -0.25) is 0 Å². The summed E-state index contributed by atoms with van der Waals surface area (Å²) in [5, 5.41) is 4.32. The van der Waals surface area contributed by atoms with Crippen LogP contribution in [0.2, 0.25) is 0 Å². The molecule has 1 aliphatic carbocycles. The molecule has 13 heteroatoms. The van der Waals surface area contributed by atoms with Crippen LogP contribution in [0.1, 0.15) is 24.0 Å². The maximum atomic E-state index is 12.7. The Morgan fingerprint density at radius 3 is 2.26 bits per heavy atom. The molecular formula is C22H19F6N3O3S. The van der Waals surface area contributed by atoms with E-state index in [1.807, 2.05) is 0 Å². The molecule has 1 aromatic heterocycles.